The van der Waals surface area contributed by atoms with Crippen molar-refractivity contribution in [3.63, 3.8) is 0 Å². The zero-order valence-electron chi connectivity index (χ0n) is 19.4. The number of urea groups is 1. The Labute approximate surface area is 203 Å². The molecule has 4 rings (SSSR count). The average Bonchev–Trinajstić information content (AvgIpc) is 3.29. The van der Waals surface area contributed by atoms with Crippen molar-refractivity contribution in [1.29, 1.82) is 0 Å². The van der Waals surface area contributed by atoms with E-state index in [2.05, 4.69) is 35.1 Å². The van der Waals surface area contributed by atoms with E-state index < -0.39 is 6.04 Å². The number of amides is 4. The lowest BCUT2D eigenvalue weighted by molar-refractivity contribution is -0.139. The summed E-state index contributed by atoms with van der Waals surface area (Å²) in [5.74, 6) is 0.792. The highest BCUT2D eigenvalue weighted by molar-refractivity contribution is 9.10. The molecule has 0 bridgehead atoms. The third kappa shape index (κ3) is 5.51. The standard InChI is InChI=1S/C24H33BrN4O4/c1-16-12-17(2)15-28(14-16)22(30)19-13-18(25)5-6-20(19)26-24(32)29-7-3-4-21(29)23(31)27-8-10-33-11-9-27/h5-6,13,16-17,21H,3-4,7-12,14-15H2,1-2H3,(H,26,32)/t16-,17+,21-/m1/s1. The third-order valence-corrected chi connectivity index (χ3v) is 7.22. The second-order valence-electron chi connectivity index (χ2n) is 9.57. The molecular weight excluding hydrogens is 488 g/mol. The van der Waals surface area contributed by atoms with E-state index in [1.54, 1.807) is 21.9 Å². The topological polar surface area (TPSA) is 82.2 Å². The molecule has 0 spiro atoms. The van der Waals surface area contributed by atoms with E-state index in [1.807, 2.05) is 11.0 Å². The maximum Gasteiger partial charge on any atom is 0.322 e. The van der Waals surface area contributed by atoms with E-state index >= 15 is 0 Å². The normalized spacial score (nSPS) is 25.8. The number of hydrogen-bond donors (Lipinski definition) is 1. The van der Waals surface area contributed by atoms with Gasteiger partial charge in [0.15, 0.2) is 0 Å². The maximum absolute atomic E-state index is 13.4. The molecule has 1 aromatic rings. The Morgan fingerprint density at radius 3 is 2.42 bits per heavy atom. The quantitative estimate of drug-likeness (QED) is 0.661. The Bertz CT molecular complexity index is 894. The van der Waals surface area contributed by atoms with Crippen molar-refractivity contribution < 1.29 is 19.1 Å². The minimum atomic E-state index is -0.471. The molecule has 3 aliphatic rings. The summed E-state index contributed by atoms with van der Waals surface area (Å²) in [4.78, 5) is 45.0. The van der Waals surface area contributed by atoms with Gasteiger partial charge in [-0.05, 0) is 49.3 Å². The van der Waals surface area contributed by atoms with Gasteiger partial charge in [0.1, 0.15) is 6.04 Å². The third-order valence-electron chi connectivity index (χ3n) is 6.73. The Morgan fingerprint density at radius 1 is 1.03 bits per heavy atom. The number of likely N-dealkylation sites (tertiary alicyclic amines) is 2. The molecule has 0 aliphatic carbocycles. The molecule has 3 saturated heterocycles. The fraction of sp³-hybridized carbons (Fsp3) is 0.625. The number of benzene rings is 1. The average molecular weight is 521 g/mol. The monoisotopic (exact) mass is 520 g/mol. The minimum absolute atomic E-state index is 0.0191. The molecule has 0 radical (unpaired) electrons. The highest BCUT2D eigenvalue weighted by Gasteiger charge is 2.37. The van der Waals surface area contributed by atoms with E-state index in [-0.39, 0.29) is 17.8 Å². The second kappa shape index (κ2) is 10.4. The van der Waals surface area contributed by atoms with E-state index in [4.69, 9.17) is 4.74 Å². The molecule has 1 aromatic carbocycles. The SMILES string of the molecule is C[C@@H]1C[C@H](C)CN(C(=O)c2cc(Br)ccc2NC(=O)N2CCC[C@@H]2C(=O)N2CCOCC2)C1. The minimum Gasteiger partial charge on any atom is -0.378 e. The lowest BCUT2D eigenvalue weighted by atomic mass is 9.91. The van der Waals surface area contributed by atoms with E-state index in [9.17, 15) is 14.4 Å². The first-order valence-electron chi connectivity index (χ1n) is 11.9. The number of rotatable bonds is 3. The van der Waals surface area contributed by atoms with Crippen LogP contribution in [0.4, 0.5) is 10.5 Å². The Kier molecular flexibility index (Phi) is 7.58. The Balaban J connectivity index is 1.49. The molecule has 4 amide bonds. The van der Waals surface area contributed by atoms with Crippen LogP contribution in [-0.2, 0) is 9.53 Å². The Hall–Kier alpha value is -2.13. The summed E-state index contributed by atoms with van der Waals surface area (Å²) < 4.78 is 6.13. The van der Waals surface area contributed by atoms with Crippen LogP contribution in [0.15, 0.2) is 22.7 Å². The van der Waals surface area contributed by atoms with Crippen LogP contribution >= 0.6 is 15.9 Å². The van der Waals surface area contributed by atoms with Crippen LogP contribution in [0.2, 0.25) is 0 Å². The van der Waals surface area contributed by atoms with Gasteiger partial charge >= 0.3 is 6.03 Å². The number of hydrogen-bond acceptors (Lipinski definition) is 4. The number of nitrogens with zero attached hydrogens (tertiary/aromatic N) is 3. The highest BCUT2D eigenvalue weighted by atomic mass is 79.9. The van der Waals surface area contributed by atoms with Crippen LogP contribution in [0, 0.1) is 11.8 Å². The summed E-state index contributed by atoms with van der Waals surface area (Å²) in [7, 11) is 0. The number of piperidine rings is 1. The van der Waals surface area contributed by atoms with Gasteiger partial charge in [-0.25, -0.2) is 4.79 Å². The second-order valence-corrected chi connectivity index (χ2v) is 10.5. The number of carbonyl (C=O) groups excluding carboxylic acids is 3. The van der Waals surface area contributed by atoms with Crippen molar-refractivity contribution in [2.75, 3.05) is 51.3 Å². The van der Waals surface area contributed by atoms with Crippen LogP contribution in [0.5, 0.6) is 0 Å². The van der Waals surface area contributed by atoms with Crippen LogP contribution in [0.25, 0.3) is 0 Å². The lowest BCUT2D eigenvalue weighted by Gasteiger charge is -2.35. The number of morpholine rings is 1. The predicted molar refractivity (Wildman–Crippen MR) is 129 cm³/mol. The number of anilines is 1. The summed E-state index contributed by atoms with van der Waals surface area (Å²) in [5.41, 5.74) is 0.942. The van der Waals surface area contributed by atoms with Gasteiger partial charge in [-0.1, -0.05) is 29.8 Å². The fourth-order valence-electron chi connectivity index (χ4n) is 5.25. The van der Waals surface area contributed by atoms with Crippen LogP contribution in [0.3, 0.4) is 0 Å². The number of carbonyl (C=O) groups is 3. The van der Waals surface area contributed by atoms with Crippen molar-refractivity contribution in [3.8, 4) is 0 Å². The van der Waals surface area contributed by atoms with Gasteiger partial charge in [-0.2, -0.15) is 0 Å². The summed E-state index contributed by atoms with van der Waals surface area (Å²) in [6.07, 6.45) is 2.54. The van der Waals surface area contributed by atoms with Gasteiger partial charge < -0.3 is 24.8 Å². The highest BCUT2D eigenvalue weighted by Crippen LogP contribution is 2.28. The number of halogens is 1. The molecular formula is C24H33BrN4O4. The first-order chi connectivity index (χ1) is 15.8. The molecule has 1 N–H and O–H groups in total. The molecule has 3 atom stereocenters. The Morgan fingerprint density at radius 2 is 1.73 bits per heavy atom. The maximum atomic E-state index is 13.4. The largest absolute Gasteiger partial charge is 0.378 e. The molecule has 0 unspecified atom stereocenters. The van der Waals surface area contributed by atoms with Gasteiger partial charge in [0.05, 0.1) is 24.5 Å². The molecule has 9 heteroatoms. The van der Waals surface area contributed by atoms with Crippen molar-refractivity contribution in [3.05, 3.63) is 28.2 Å². The molecule has 3 aliphatic heterocycles. The van der Waals surface area contributed by atoms with Gasteiger partial charge in [0, 0.05) is 37.2 Å². The predicted octanol–water partition coefficient (Wildman–Crippen LogP) is 3.42. The first kappa shape index (κ1) is 24.0. The summed E-state index contributed by atoms with van der Waals surface area (Å²) in [6.45, 7) is 8.46. The molecule has 33 heavy (non-hydrogen) atoms. The van der Waals surface area contributed by atoms with Gasteiger partial charge in [0.2, 0.25) is 5.91 Å². The summed E-state index contributed by atoms with van der Waals surface area (Å²) in [6, 6.07) is 4.52. The van der Waals surface area contributed by atoms with E-state index in [1.165, 1.54) is 0 Å². The van der Waals surface area contributed by atoms with Crippen molar-refractivity contribution >= 4 is 39.5 Å². The van der Waals surface area contributed by atoms with Gasteiger partial charge in [0.25, 0.3) is 5.91 Å². The molecule has 3 fully saturated rings. The van der Waals surface area contributed by atoms with Crippen LogP contribution in [-0.4, -0.2) is 84.5 Å². The van der Waals surface area contributed by atoms with Crippen LogP contribution in [0.1, 0.15) is 43.5 Å². The lowest BCUT2D eigenvalue weighted by Crippen LogP contribution is -2.51. The van der Waals surface area contributed by atoms with Crippen molar-refractivity contribution in [1.82, 2.24) is 14.7 Å². The van der Waals surface area contributed by atoms with Gasteiger partial charge in [-0.15, -0.1) is 0 Å². The van der Waals surface area contributed by atoms with Crippen molar-refractivity contribution in [2.45, 2.75) is 39.2 Å². The first-order valence-corrected chi connectivity index (χ1v) is 12.7. The van der Waals surface area contributed by atoms with E-state index in [0.717, 1.165) is 17.3 Å². The smallest absolute Gasteiger partial charge is 0.322 e. The molecule has 0 aromatic heterocycles. The fourth-order valence-corrected chi connectivity index (χ4v) is 5.61. The molecule has 0 saturated carbocycles. The summed E-state index contributed by atoms with van der Waals surface area (Å²) >= 11 is 3.46. The van der Waals surface area contributed by atoms with Crippen LogP contribution < -0.4 is 5.32 Å². The molecule has 180 valence electrons. The molecule has 3 heterocycles. The van der Waals surface area contributed by atoms with Crippen molar-refractivity contribution in [2.24, 2.45) is 11.8 Å². The van der Waals surface area contributed by atoms with E-state index in [0.29, 0.717) is 75.4 Å². The number of ether oxygens (including phenoxy) is 1. The number of nitrogens with one attached hydrogen (secondary N) is 1. The molecule has 8 nitrogen and oxygen atoms in total. The zero-order valence-corrected chi connectivity index (χ0v) is 21.0. The summed E-state index contributed by atoms with van der Waals surface area (Å²) in [5, 5.41) is 2.93. The zero-order chi connectivity index (χ0) is 23.5. The van der Waals surface area contributed by atoms with Gasteiger partial charge in [-0.3, -0.25) is 9.59 Å².